The van der Waals surface area contributed by atoms with Crippen LogP contribution in [-0.4, -0.2) is 15.1 Å². The van der Waals surface area contributed by atoms with Crippen molar-refractivity contribution in [3.05, 3.63) is 24.2 Å². The third-order valence-electron chi connectivity index (χ3n) is 1.71. The summed E-state index contributed by atoms with van der Waals surface area (Å²) in [6.07, 6.45) is -3.37. The predicted octanol–water partition coefficient (Wildman–Crippen LogP) is 1.73. The van der Waals surface area contributed by atoms with Crippen molar-refractivity contribution in [2.45, 2.75) is 6.18 Å². The van der Waals surface area contributed by atoms with Gasteiger partial charge in [0, 0.05) is 6.20 Å². The summed E-state index contributed by atoms with van der Waals surface area (Å²) in [5.41, 5.74) is 5.60. The van der Waals surface area contributed by atoms with E-state index in [4.69, 9.17) is 5.73 Å². The van der Waals surface area contributed by atoms with Crippen LogP contribution in [-0.2, 0) is 6.18 Å². The molecule has 2 aromatic rings. The molecule has 0 aromatic carbocycles. The number of alkyl halides is 3. The van der Waals surface area contributed by atoms with E-state index in [0.29, 0.717) is 0 Å². The zero-order valence-corrected chi connectivity index (χ0v) is 7.69. The van der Waals surface area contributed by atoms with Crippen LogP contribution in [0.4, 0.5) is 19.0 Å². The van der Waals surface area contributed by atoms with Gasteiger partial charge in [0.1, 0.15) is 5.82 Å². The molecule has 8 heteroatoms. The first-order valence-electron chi connectivity index (χ1n) is 4.09. The minimum atomic E-state index is -4.62. The lowest BCUT2D eigenvalue weighted by molar-refractivity contribution is -0.146. The third kappa shape index (κ3) is 1.95. The number of nitrogen functional groups attached to an aromatic ring is 1. The third-order valence-corrected chi connectivity index (χ3v) is 1.71. The van der Waals surface area contributed by atoms with Gasteiger partial charge in [-0.2, -0.15) is 18.2 Å². The van der Waals surface area contributed by atoms with Gasteiger partial charge in [0.15, 0.2) is 0 Å². The van der Waals surface area contributed by atoms with Crippen LogP contribution in [0.2, 0.25) is 0 Å². The van der Waals surface area contributed by atoms with Gasteiger partial charge >= 0.3 is 6.18 Å². The Kier molecular flexibility index (Phi) is 2.26. The zero-order chi connectivity index (χ0) is 11.8. The van der Waals surface area contributed by atoms with Crippen LogP contribution in [0.5, 0.6) is 0 Å². The second kappa shape index (κ2) is 3.47. The van der Waals surface area contributed by atoms with Gasteiger partial charge in [-0.3, -0.25) is 0 Å². The fourth-order valence-corrected chi connectivity index (χ4v) is 0.988. The van der Waals surface area contributed by atoms with Gasteiger partial charge in [0.2, 0.25) is 0 Å². The molecule has 0 bridgehead atoms. The number of hydrogen-bond donors (Lipinski definition) is 1. The molecule has 0 unspecified atom stereocenters. The molecule has 0 saturated heterocycles. The van der Waals surface area contributed by atoms with E-state index in [-0.39, 0.29) is 17.3 Å². The predicted molar refractivity (Wildman–Crippen MR) is 46.9 cm³/mol. The molecule has 0 saturated carbocycles. The second-order valence-electron chi connectivity index (χ2n) is 2.89. The van der Waals surface area contributed by atoms with Gasteiger partial charge in [-0.1, -0.05) is 5.16 Å². The summed E-state index contributed by atoms with van der Waals surface area (Å²) in [6.45, 7) is 0. The van der Waals surface area contributed by atoms with E-state index in [1.54, 1.807) is 0 Å². The minimum absolute atomic E-state index is 0.249. The molecule has 0 spiro atoms. The lowest BCUT2D eigenvalue weighted by atomic mass is 10.3. The van der Waals surface area contributed by atoms with Gasteiger partial charge in [0.05, 0.1) is 5.56 Å². The quantitative estimate of drug-likeness (QED) is 0.807. The standard InChI is InChI=1S/C8H5F3N4O/c9-8(10,11)7-14-6(16-15-7)4-1-2-5(12)13-3-4/h1-3H,(H2,12,13). The molecule has 5 nitrogen and oxygen atoms in total. The molecule has 2 rings (SSSR count). The Balaban J connectivity index is 2.35. The minimum Gasteiger partial charge on any atom is -0.384 e. The van der Waals surface area contributed by atoms with Crippen LogP contribution >= 0.6 is 0 Å². The van der Waals surface area contributed by atoms with Crippen LogP contribution in [0.25, 0.3) is 11.5 Å². The van der Waals surface area contributed by atoms with Gasteiger partial charge in [-0.15, -0.1) is 0 Å². The van der Waals surface area contributed by atoms with Crippen molar-refractivity contribution in [3.8, 4) is 11.5 Å². The van der Waals surface area contributed by atoms with Crippen molar-refractivity contribution in [2.75, 3.05) is 5.73 Å². The highest BCUT2D eigenvalue weighted by Crippen LogP contribution is 2.28. The SMILES string of the molecule is Nc1ccc(-c2nc(C(F)(F)F)no2)cn1. The van der Waals surface area contributed by atoms with E-state index in [0.717, 1.165) is 0 Å². The van der Waals surface area contributed by atoms with Crippen LogP contribution < -0.4 is 5.73 Å². The maximum Gasteiger partial charge on any atom is 0.455 e. The number of anilines is 1. The Morgan fingerprint density at radius 2 is 2.00 bits per heavy atom. The van der Waals surface area contributed by atoms with E-state index in [2.05, 4.69) is 19.6 Å². The number of nitrogens with zero attached hydrogens (tertiary/aromatic N) is 3. The lowest BCUT2D eigenvalue weighted by Crippen LogP contribution is -2.07. The van der Waals surface area contributed by atoms with Gasteiger partial charge < -0.3 is 10.3 Å². The Hall–Kier alpha value is -2.12. The van der Waals surface area contributed by atoms with E-state index < -0.39 is 12.0 Å². The maximum absolute atomic E-state index is 12.2. The van der Waals surface area contributed by atoms with Crippen LogP contribution in [0, 0.1) is 0 Å². The summed E-state index contributed by atoms with van der Waals surface area (Å²) >= 11 is 0. The van der Waals surface area contributed by atoms with Gasteiger partial charge in [-0.05, 0) is 12.1 Å². The largest absolute Gasteiger partial charge is 0.455 e. The summed E-state index contributed by atoms with van der Waals surface area (Å²) in [4.78, 5) is 6.89. The highest BCUT2D eigenvalue weighted by Gasteiger charge is 2.37. The molecule has 16 heavy (non-hydrogen) atoms. The highest BCUT2D eigenvalue weighted by molar-refractivity contribution is 5.53. The van der Waals surface area contributed by atoms with E-state index in [1.165, 1.54) is 18.3 Å². The van der Waals surface area contributed by atoms with Crippen molar-refractivity contribution in [1.82, 2.24) is 15.1 Å². The van der Waals surface area contributed by atoms with Crippen molar-refractivity contribution in [3.63, 3.8) is 0 Å². The molecule has 0 radical (unpaired) electrons. The topological polar surface area (TPSA) is 77.8 Å². The summed E-state index contributed by atoms with van der Waals surface area (Å²) in [6, 6.07) is 2.86. The summed E-state index contributed by atoms with van der Waals surface area (Å²) in [5, 5.41) is 2.82. The van der Waals surface area contributed by atoms with Crippen molar-refractivity contribution in [1.29, 1.82) is 0 Å². The number of pyridine rings is 1. The molecule has 0 aliphatic heterocycles. The number of aromatic nitrogens is 3. The molecule has 0 aliphatic carbocycles. The fourth-order valence-electron chi connectivity index (χ4n) is 0.988. The fraction of sp³-hybridized carbons (Fsp3) is 0.125. The Labute approximate surface area is 87.1 Å². The van der Waals surface area contributed by atoms with Gasteiger partial charge in [0.25, 0.3) is 11.7 Å². The number of rotatable bonds is 1. The van der Waals surface area contributed by atoms with Crippen LogP contribution in [0.1, 0.15) is 5.82 Å². The van der Waals surface area contributed by atoms with Crippen molar-refractivity contribution >= 4 is 5.82 Å². The monoisotopic (exact) mass is 230 g/mol. The molecule has 84 valence electrons. The van der Waals surface area contributed by atoms with E-state index >= 15 is 0 Å². The number of halogens is 3. The van der Waals surface area contributed by atoms with Crippen molar-refractivity contribution < 1.29 is 17.7 Å². The Bertz CT molecular complexity index is 491. The maximum atomic E-state index is 12.2. The van der Waals surface area contributed by atoms with Gasteiger partial charge in [-0.25, -0.2) is 4.98 Å². The number of nitrogens with two attached hydrogens (primary N) is 1. The smallest absolute Gasteiger partial charge is 0.384 e. The molecular formula is C8H5F3N4O. The first-order valence-corrected chi connectivity index (χ1v) is 4.09. The molecule has 2 N–H and O–H groups in total. The summed E-state index contributed by atoms with van der Waals surface area (Å²) in [7, 11) is 0. The normalized spacial score (nSPS) is 11.7. The lowest BCUT2D eigenvalue weighted by Gasteiger charge is -1.96. The first kappa shape index (κ1) is 10.4. The Morgan fingerprint density at radius 1 is 1.25 bits per heavy atom. The molecule has 0 fully saturated rings. The zero-order valence-electron chi connectivity index (χ0n) is 7.69. The summed E-state index contributed by atoms with van der Waals surface area (Å²) < 4.78 is 40.9. The van der Waals surface area contributed by atoms with Crippen molar-refractivity contribution in [2.24, 2.45) is 0 Å². The summed E-state index contributed by atoms with van der Waals surface area (Å²) in [5.74, 6) is -1.32. The van der Waals surface area contributed by atoms with E-state index in [1.807, 2.05) is 0 Å². The number of hydrogen-bond acceptors (Lipinski definition) is 5. The molecule has 0 atom stereocenters. The molecule has 0 aliphatic rings. The molecule has 2 aromatic heterocycles. The van der Waals surface area contributed by atoms with Crippen LogP contribution in [0.3, 0.4) is 0 Å². The molecule has 0 amide bonds. The second-order valence-corrected chi connectivity index (χ2v) is 2.89. The molecular weight excluding hydrogens is 225 g/mol. The molecule has 2 heterocycles. The average molecular weight is 230 g/mol. The highest BCUT2D eigenvalue weighted by atomic mass is 19.4. The Morgan fingerprint density at radius 3 is 2.50 bits per heavy atom. The average Bonchev–Trinajstić information content (AvgIpc) is 2.67. The first-order chi connectivity index (χ1) is 7.47. The van der Waals surface area contributed by atoms with E-state index in [9.17, 15) is 13.2 Å². The van der Waals surface area contributed by atoms with Crippen LogP contribution in [0.15, 0.2) is 22.9 Å².